The highest BCUT2D eigenvalue weighted by Crippen LogP contribution is 2.32. The molecule has 2 heteroatoms. The average Bonchev–Trinajstić information content (AvgIpc) is 2.33. The molecule has 60 valence electrons. The van der Waals surface area contributed by atoms with Gasteiger partial charge in [-0.3, -0.25) is 0 Å². The first kappa shape index (κ1) is 8.41. The van der Waals surface area contributed by atoms with Gasteiger partial charge in [0.1, 0.15) is 0 Å². The van der Waals surface area contributed by atoms with Gasteiger partial charge in [0.25, 0.3) is 0 Å². The van der Waals surface area contributed by atoms with Crippen LogP contribution >= 0.6 is 11.8 Å². The fourth-order valence-corrected chi connectivity index (χ4v) is 2.34. The zero-order valence-electron chi connectivity index (χ0n) is 6.60. The minimum atomic E-state index is -0.291. The molecule has 0 radical (unpaired) electrons. The molecule has 0 heterocycles. The molecule has 0 aromatic rings. The van der Waals surface area contributed by atoms with E-state index in [1.807, 2.05) is 11.8 Å². The van der Waals surface area contributed by atoms with E-state index in [-0.39, 0.29) is 5.60 Å². The van der Waals surface area contributed by atoms with E-state index in [0.29, 0.717) is 0 Å². The average molecular weight is 160 g/mol. The van der Waals surface area contributed by atoms with Crippen LogP contribution in [0.2, 0.25) is 0 Å². The molecule has 1 saturated carbocycles. The number of thioether (sulfide) groups is 1. The third kappa shape index (κ3) is 2.17. The molecular weight excluding hydrogens is 144 g/mol. The van der Waals surface area contributed by atoms with Gasteiger partial charge in [-0.15, -0.1) is 0 Å². The number of rotatable bonds is 3. The number of aliphatic hydroxyl groups is 1. The standard InChI is InChI=1S/C8H16OS/c1-2-10-7-8(9)5-3-4-6-8/h9H,2-7H2,1H3. The fourth-order valence-electron chi connectivity index (χ4n) is 1.47. The van der Waals surface area contributed by atoms with Crippen molar-refractivity contribution in [2.24, 2.45) is 0 Å². The largest absolute Gasteiger partial charge is 0.389 e. The molecule has 0 atom stereocenters. The van der Waals surface area contributed by atoms with Crippen LogP contribution in [0.5, 0.6) is 0 Å². The highest BCUT2D eigenvalue weighted by molar-refractivity contribution is 7.99. The quantitative estimate of drug-likeness (QED) is 0.682. The monoisotopic (exact) mass is 160 g/mol. The van der Waals surface area contributed by atoms with Crippen molar-refractivity contribution in [1.29, 1.82) is 0 Å². The Morgan fingerprint density at radius 2 is 2.00 bits per heavy atom. The summed E-state index contributed by atoms with van der Waals surface area (Å²) in [6.45, 7) is 2.14. The highest BCUT2D eigenvalue weighted by Gasteiger charge is 2.30. The maximum absolute atomic E-state index is 9.80. The third-order valence-corrected chi connectivity index (χ3v) is 3.26. The van der Waals surface area contributed by atoms with Crippen molar-refractivity contribution in [3.63, 3.8) is 0 Å². The lowest BCUT2D eigenvalue weighted by Crippen LogP contribution is -2.27. The normalized spacial score (nSPS) is 23.4. The predicted molar refractivity (Wildman–Crippen MR) is 46.4 cm³/mol. The summed E-state index contributed by atoms with van der Waals surface area (Å²) in [5.74, 6) is 2.08. The summed E-state index contributed by atoms with van der Waals surface area (Å²) in [5.41, 5.74) is -0.291. The maximum atomic E-state index is 9.80. The van der Waals surface area contributed by atoms with Gasteiger partial charge in [-0.05, 0) is 18.6 Å². The number of hydrogen-bond acceptors (Lipinski definition) is 2. The van der Waals surface area contributed by atoms with Crippen LogP contribution < -0.4 is 0 Å². The molecule has 1 rings (SSSR count). The smallest absolute Gasteiger partial charge is 0.0737 e. The predicted octanol–water partition coefficient (Wildman–Crippen LogP) is 2.04. The Morgan fingerprint density at radius 1 is 1.40 bits per heavy atom. The van der Waals surface area contributed by atoms with Gasteiger partial charge in [0.05, 0.1) is 5.60 Å². The minimum Gasteiger partial charge on any atom is -0.389 e. The molecule has 1 nitrogen and oxygen atoms in total. The zero-order chi connectivity index (χ0) is 7.45. The van der Waals surface area contributed by atoms with Crippen molar-refractivity contribution in [3.05, 3.63) is 0 Å². The Kier molecular flexibility index (Phi) is 3.05. The summed E-state index contributed by atoms with van der Waals surface area (Å²) in [5, 5.41) is 9.80. The lowest BCUT2D eigenvalue weighted by atomic mass is 10.1. The summed E-state index contributed by atoms with van der Waals surface area (Å²) >= 11 is 1.85. The van der Waals surface area contributed by atoms with Gasteiger partial charge in [0, 0.05) is 5.75 Å². The lowest BCUT2D eigenvalue weighted by molar-refractivity contribution is 0.0733. The molecule has 0 saturated heterocycles. The Morgan fingerprint density at radius 3 is 2.50 bits per heavy atom. The zero-order valence-corrected chi connectivity index (χ0v) is 7.41. The SMILES string of the molecule is CCSCC1(O)CCCC1. The van der Waals surface area contributed by atoms with Crippen molar-refractivity contribution in [1.82, 2.24) is 0 Å². The number of hydrogen-bond donors (Lipinski definition) is 1. The summed E-state index contributed by atoms with van der Waals surface area (Å²) in [6, 6.07) is 0. The molecule has 1 aliphatic rings. The van der Waals surface area contributed by atoms with Crippen LogP contribution in [0.1, 0.15) is 32.6 Å². The van der Waals surface area contributed by atoms with Crippen LogP contribution in [-0.4, -0.2) is 22.2 Å². The van der Waals surface area contributed by atoms with Gasteiger partial charge in [-0.2, -0.15) is 11.8 Å². The van der Waals surface area contributed by atoms with Gasteiger partial charge in [0.15, 0.2) is 0 Å². The van der Waals surface area contributed by atoms with Crippen LogP contribution in [0.15, 0.2) is 0 Å². The van der Waals surface area contributed by atoms with Crippen molar-refractivity contribution in [3.8, 4) is 0 Å². The molecule has 0 aliphatic heterocycles. The van der Waals surface area contributed by atoms with E-state index in [1.165, 1.54) is 12.8 Å². The van der Waals surface area contributed by atoms with Crippen LogP contribution in [0.3, 0.4) is 0 Å². The Hall–Kier alpha value is 0.310. The third-order valence-electron chi connectivity index (χ3n) is 2.11. The topological polar surface area (TPSA) is 20.2 Å². The van der Waals surface area contributed by atoms with E-state index in [0.717, 1.165) is 24.3 Å². The first-order chi connectivity index (χ1) is 4.77. The molecule has 0 aromatic carbocycles. The first-order valence-electron chi connectivity index (χ1n) is 4.07. The Bertz CT molecular complexity index is 97.4. The molecule has 1 fully saturated rings. The second kappa shape index (κ2) is 3.63. The second-order valence-electron chi connectivity index (χ2n) is 3.07. The van der Waals surface area contributed by atoms with Crippen LogP contribution in [0.25, 0.3) is 0 Å². The lowest BCUT2D eigenvalue weighted by Gasteiger charge is -2.20. The van der Waals surface area contributed by atoms with Gasteiger partial charge < -0.3 is 5.11 Å². The molecule has 0 bridgehead atoms. The van der Waals surface area contributed by atoms with Crippen molar-refractivity contribution >= 4 is 11.8 Å². The minimum absolute atomic E-state index is 0.291. The molecule has 1 N–H and O–H groups in total. The van der Waals surface area contributed by atoms with Gasteiger partial charge in [-0.25, -0.2) is 0 Å². The van der Waals surface area contributed by atoms with E-state index in [2.05, 4.69) is 6.92 Å². The summed E-state index contributed by atoms with van der Waals surface area (Å²) in [6.07, 6.45) is 4.50. The van der Waals surface area contributed by atoms with Crippen molar-refractivity contribution < 1.29 is 5.11 Å². The fraction of sp³-hybridized carbons (Fsp3) is 1.00. The van der Waals surface area contributed by atoms with E-state index in [4.69, 9.17) is 0 Å². The highest BCUT2D eigenvalue weighted by atomic mass is 32.2. The summed E-state index contributed by atoms with van der Waals surface area (Å²) < 4.78 is 0. The molecule has 0 spiro atoms. The maximum Gasteiger partial charge on any atom is 0.0737 e. The molecular formula is C8H16OS. The molecule has 10 heavy (non-hydrogen) atoms. The summed E-state index contributed by atoms with van der Waals surface area (Å²) in [7, 11) is 0. The van der Waals surface area contributed by atoms with E-state index in [9.17, 15) is 5.11 Å². The second-order valence-corrected chi connectivity index (χ2v) is 4.34. The molecule has 0 aromatic heterocycles. The van der Waals surface area contributed by atoms with E-state index < -0.39 is 0 Å². The Balaban J connectivity index is 2.22. The van der Waals surface area contributed by atoms with Gasteiger partial charge >= 0.3 is 0 Å². The van der Waals surface area contributed by atoms with E-state index >= 15 is 0 Å². The Labute approximate surface area is 67.2 Å². The molecule has 0 amide bonds. The summed E-state index contributed by atoms with van der Waals surface area (Å²) in [4.78, 5) is 0. The van der Waals surface area contributed by atoms with Gasteiger partial charge in [-0.1, -0.05) is 19.8 Å². The van der Waals surface area contributed by atoms with Crippen molar-refractivity contribution in [2.45, 2.75) is 38.2 Å². The molecule has 0 unspecified atom stereocenters. The van der Waals surface area contributed by atoms with E-state index in [1.54, 1.807) is 0 Å². The first-order valence-corrected chi connectivity index (χ1v) is 5.22. The van der Waals surface area contributed by atoms with Crippen LogP contribution in [-0.2, 0) is 0 Å². The van der Waals surface area contributed by atoms with Crippen molar-refractivity contribution in [2.75, 3.05) is 11.5 Å². The molecule has 1 aliphatic carbocycles. The van der Waals surface area contributed by atoms with Gasteiger partial charge in [0.2, 0.25) is 0 Å². The van der Waals surface area contributed by atoms with Crippen LogP contribution in [0, 0.1) is 0 Å². The van der Waals surface area contributed by atoms with Crippen LogP contribution in [0.4, 0.5) is 0 Å².